The van der Waals surface area contributed by atoms with Crippen LogP contribution >= 0.6 is 11.3 Å². The van der Waals surface area contributed by atoms with Crippen molar-refractivity contribution in [3.05, 3.63) is 61.8 Å². The standard InChI is InChI=1S/C15H16N2O4S/c1-10-7-11(3-4-13(10)17(19)20)15(18)16-8-14(21-2)12-5-6-22-9-12/h3-7,9,14H,8H2,1-2H3,(H,16,18). The highest BCUT2D eigenvalue weighted by atomic mass is 32.1. The zero-order valence-corrected chi connectivity index (χ0v) is 13.1. The van der Waals surface area contributed by atoms with E-state index < -0.39 is 4.92 Å². The lowest BCUT2D eigenvalue weighted by atomic mass is 10.1. The van der Waals surface area contributed by atoms with E-state index in [1.165, 1.54) is 18.2 Å². The minimum atomic E-state index is -0.464. The van der Waals surface area contributed by atoms with E-state index in [9.17, 15) is 14.9 Å². The maximum absolute atomic E-state index is 12.1. The Morgan fingerprint density at radius 1 is 1.45 bits per heavy atom. The molecule has 0 fully saturated rings. The van der Waals surface area contributed by atoms with Gasteiger partial charge in [-0.3, -0.25) is 14.9 Å². The van der Waals surface area contributed by atoms with Gasteiger partial charge in [0.25, 0.3) is 11.6 Å². The summed E-state index contributed by atoms with van der Waals surface area (Å²) >= 11 is 1.56. The maximum Gasteiger partial charge on any atom is 0.272 e. The lowest BCUT2D eigenvalue weighted by Gasteiger charge is -2.15. The first kappa shape index (κ1) is 16.1. The molecule has 1 unspecified atom stereocenters. The summed E-state index contributed by atoms with van der Waals surface area (Å²) in [5.74, 6) is -0.282. The summed E-state index contributed by atoms with van der Waals surface area (Å²) in [6, 6.07) is 6.25. The molecular formula is C15H16N2O4S. The van der Waals surface area contributed by atoms with E-state index in [0.29, 0.717) is 17.7 Å². The average molecular weight is 320 g/mol. The van der Waals surface area contributed by atoms with E-state index in [1.807, 2.05) is 16.8 Å². The van der Waals surface area contributed by atoms with Crippen molar-refractivity contribution in [3.8, 4) is 0 Å². The van der Waals surface area contributed by atoms with Gasteiger partial charge >= 0.3 is 0 Å². The van der Waals surface area contributed by atoms with Crippen LogP contribution < -0.4 is 5.32 Å². The lowest BCUT2D eigenvalue weighted by Crippen LogP contribution is -2.29. The molecule has 0 aliphatic rings. The van der Waals surface area contributed by atoms with Gasteiger partial charge in [-0.05, 0) is 41.4 Å². The van der Waals surface area contributed by atoms with Gasteiger partial charge in [0.2, 0.25) is 0 Å². The largest absolute Gasteiger partial charge is 0.375 e. The molecule has 1 heterocycles. The number of rotatable bonds is 6. The Bertz CT molecular complexity index is 670. The van der Waals surface area contributed by atoms with Crippen molar-refractivity contribution in [2.75, 3.05) is 13.7 Å². The van der Waals surface area contributed by atoms with Gasteiger partial charge in [-0.2, -0.15) is 11.3 Å². The third-order valence-electron chi connectivity index (χ3n) is 3.30. The van der Waals surface area contributed by atoms with Gasteiger partial charge < -0.3 is 10.1 Å². The third-order valence-corrected chi connectivity index (χ3v) is 4.00. The van der Waals surface area contributed by atoms with Crippen molar-refractivity contribution < 1.29 is 14.5 Å². The van der Waals surface area contributed by atoms with E-state index in [-0.39, 0.29) is 17.7 Å². The summed E-state index contributed by atoms with van der Waals surface area (Å²) in [6.07, 6.45) is -0.214. The zero-order valence-electron chi connectivity index (χ0n) is 12.2. The number of nitrogens with zero attached hydrogens (tertiary/aromatic N) is 1. The van der Waals surface area contributed by atoms with Gasteiger partial charge in [0.1, 0.15) is 6.10 Å². The van der Waals surface area contributed by atoms with Crippen LogP contribution in [0, 0.1) is 17.0 Å². The number of ether oxygens (including phenoxy) is 1. The van der Waals surface area contributed by atoms with Gasteiger partial charge in [0.15, 0.2) is 0 Å². The third kappa shape index (κ3) is 3.69. The molecule has 22 heavy (non-hydrogen) atoms. The van der Waals surface area contributed by atoms with Crippen LogP contribution in [0.5, 0.6) is 0 Å². The van der Waals surface area contributed by atoms with Crippen molar-refractivity contribution in [3.63, 3.8) is 0 Å². The van der Waals surface area contributed by atoms with Crippen molar-refractivity contribution in [1.82, 2.24) is 5.32 Å². The Kier molecular flexibility index (Phi) is 5.24. The molecule has 0 aliphatic carbocycles. The predicted molar refractivity (Wildman–Crippen MR) is 84.2 cm³/mol. The molecule has 0 saturated carbocycles. The van der Waals surface area contributed by atoms with Gasteiger partial charge in [0, 0.05) is 30.8 Å². The smallest absolute Gasteiger partial charge is 0.272 e. The van der Waals surface area contributed by atoms with Crippen LogP contribution in [0.2, 0.25) is 0 Å². The first-order valence-electron chi connectivity index (χ1n) is 6.61. The molecule has 0 radical (unpaired) electrons. The Balaban J connectivity index is 2.03. The molecule has 116 valence electrons. The maximum atomic E-state index is 12.1. The average Bonchev–Trinajstić information content (AvgIpc) is 3.01. The molecule has 1 aromatic carbocycles. The quantitative estimate of drug-likeness (QED) is 0.655. The molecule has 0 aliphatic heterocycles. The van der Waals surface area contributed by atoms with Crippen molar-refractivity contribution in [2.45, 2.75) is 13.0 Å². The molecule has 1 atom stereocenters. The first-order valence-corrected chi connectivity index (χ1v) is 7.55. The number of amides is 1. The van der Waals surface area contributed by atoms with Gasteiger partial charge in [-0.25, -0.2) is 0 Å². The summed E-state index contributed by atoms with van der Waals surface area (Å²) < 4.78 is 5.36. The number of thiophene rings is 1. The number of carbonyl (C=O) groups is 1. The van der Waals surface area contributed by atoms with Crippen LogP contribution in [0.15, 0.2) is 35.0 Å². The highest BCUT2D eigenvalue weighted by Gasteiger charge is 2.16. The van der Waals surface area contributed by atoms with Crippen LogP contribution in [-0.4, -0.2) is 24.5 Å². The fourth-order valence-electron chi connectivity index (χ4n) is 2.08. The molecular weight excluding hydrogens is 304 g/mol. The number of nitro groups is 1. The summed E-state index contributed by atoms with van der Waals surface area (Å²) in [5, 5.41) is 17.5. The molecule has 6 nitrogen and oxygen atoms in total. The van der Waals surface area contributed by atoms with Crippen LogP contribution in [0.4, 0.5) is 5.69 Å². The second-order valence-corrected chi connectivity index (χ2v) is 5.53. The monoisotopic (exact) mass is 320 g/mol. The van der Waals surface area contributed by atoms with Gasteiger partial charge in [-0.1, -0.05) is 0 Å². The normalized spacial score (nSPS) is 11.9. The Labute approximate surface area is 131 Å². The number of hydrogen-bond donors (Lipinski definition) is 1. The van der Waals surface area contributed by atoms with Crippen molar-refractivity contribution in [1.29, 1.82) is 0 Å². The SMILES string of the molecule is COC(CNC(=O)c1ccc([N+](=O)[O-])c(C)c1)c1ccsc1. The number of nitrogens with one attached hydrogen (secondary N) is 1. The fraction of sp³-hybridized carbons (Fsp3) is 0.267. The number of nitro benzene ring substituents is 1. The van der Waals surface area contributed by atoms with Crippen molar-refractivity contribution in [2.24, 2.45) is 0 Å². The molecule has 2 aromatic rings. The topological polar surface area (TPSA) is 81.5 Å². The predicted octanol–water partition coefficient (Wildman–Crippen LogP) is 3.08. The zero-order chi connectivity index (χ0) is 16.1. The summed E-state index contributed by atoms with van der Waals surface area (Å²) in [7, 11) is 1.59. The van der Waals surface area contributed by atoms with E-state index in [0.717, 1.165) is 5.56 Å². The molecule has 1 N–H and O–H groups in total. The minimum absolute atomic E-state index is 0.00425. The summed E-state index contributed by atoms with van der Waals surface area (Å²) in [5.41, 5.74) is 1.86. The number of methoxy groups -OCH3 is 1. The molecule has 0 bridgehead atoms. The van der Waals surface area contributed by atoms with Gasteiger partial charge in [-0.15, -0.1) is 0 Å². The van der Waals surface area contributed by atoms with E-state index in [4.69, 9.17) is 4.74 Å². The fourth-order valence-corrected chi connectivity index (χ4v) is 2.79. The number of carbonyl (C=O) groups excluding carboxylic acids is 1. The second-order valence-electron chi connectivity index (χ2n) is 4.75. The van der Waals surface area contributed by atoms with Gasteiger partial charge in [0.05, 0.1) is 4.92 Å². The Hall–Kier alpha value is -2.25. The molecule has 1 amide bonds. The molecule has 0 spiro atoms. The van der Waals surface area contributed by atoms with Crippen LogP contribution in [0.25, 0.3) is 0 Å². The van der Waals surface area contributed by atoms with E-state index in [2.05, 4.69) is 5.32 Å². The minimum Gasteiger partial charge on any atom is -0.375 e. The molecule has 0 saturated heterocycles. The van der Waals surface area contributed by atoms with E-state index in [1.54, 1.807) is 25.4 Å². The number of benzene rings is 1. The summed E-state index contributed by atoms with van der Waals surface area (Å²) in [4.78, 5) is 22.4. The molecule has 1 aromatic heterocycles. The highest BCUT2D eigenvalue weighted by Crippen LogP contribution is 2.20. The summed E-state index contributed by atoms with van der Waals surface area (Å²) in [6.45, 7) is 1.94. The lowest BCUT2D eigenvalue weighted by molar-refractivity contribution is -0.385. The van der Waals surface area contributed by atoms with Crippen molar-refractivity contribution >= 4 is 22.9 Å². The molecule has 2 rings (SSSR count). The highest BCUT2D eigenvalue weighted by molar-refractivity contribution is 7.07. The molecule has 7 heteroatoms. The van der Waals surface area contributed by atoms with Crippen LogP contribution in [-0.2, 0) is 4.74 Å². The van der Waals surface area contributed by atoms with Crippen LogP contribution in [0.1, 0.15) is 27.6 Å². The number of aryl methyl sites for hydroxylation is 1. The van der Waals surface area contributed by atoms with E-state index >= 15 is 0 Å². The second kappa shape index (κ2) is 7.15. The Morgan fingerprint density at radius 3 is 2.77 bits per heavy atom. The van der Waals surface area contributed by atoms with Crippen LogP contribution in [0.3, 0.4) is 0 Å². The number of hydrogen-bond acceptors (Lipinski definition) is 5. The first-order chi connectivity index (χ1) is 10.5. The Morgan fingerprint density at radius 2 is 2.23 bits per heavy atom.